The van der Waals surface area contributed by atoms with E-state index in [1.165, 1.54) is 40.2 Å². The number of thioether (sulfide) groups is 2. The van der Waals surface area contributed by atoms with Crippen LogP contribution in [0, 0.1) is 5.41 Å². The summed E-state index contributed by atoms with van der Waals surface area (Å²) in [6.07, 6.45) is 0.384. The number of aliphatic carboxylic acids is 1. The normalized spacial score (nSPS) is 19.6. The van der Waals surface area contributed by atoms with Gasteiger partial charge in [-0.1, -0.05) is 28.3 Å². The first-order chi connectivity index (χ1) is 16.3. The van der Waals surface area contributed by atoms with Crippen LogP contribution >= 0.6 is 46.2 Å². The van der Waals surface area contributed by atoms with Crippen LogP contribution in [0.1, 0.15) is 10.7 Å². The predicted octanol–water partition coefficient (Wildman–Crippen LogP) is -4.68. The van der Waals surface area contributed by atoms with Gasteiger partial charge in [-0.2, -0.15) is 0 Å². The first-order valence-electron chi connectivity index (χ1n) is 9.53. The molecule has 4 rings (SSSR count). The smallest absolute Gasteiger partial charge is 0.543 e. The van der Waals surface area contributed by atoms with Crippen LogP contribution in [0.25, 0.3) is 0 Å². The molecule has 2 aromatic heterocycles. The van der Waals surface area contributed by atoms with E-state index in [1.54, 1.807) is 0 Å². The summed E-state index contributed by atoms with van der Waals surface area (Å²) in [7, 11) is 0. The third-order valence-corrected chi connectivity index (χ3v) is 9.02. The zero-order chi connectivity index (χ0) is 24.4. The molecule has 4 heterocycles. The van der Waals surface area contributed by atoms with E-state index in [-0.39, 0.29) is 58.1 Å². The molecule has 0 aliphatic carbocycles. The van der Waals surface area contributed by atoms with Gasteiger partial charge in [0.25, 0.3) is 11.8 Å². The van der Waals surface area contributed by atoms with Crippen LogP contribution in [0.3, 0.4) is 0 Å². The molecule has 2 aliphatic heterocycles. The third-order valence-electron chi connectivity index (χ3n) is 4.78. The summed E-state index contributed by atoms with van der Waals surface area (Å²) in [6, 6.07) is -1.02. The van der Waals surface area contributed by atoms with Gasteiger partial charge in [0.2, 0.25) is 0 Å². The maximum absolute atomic E-state index is 12.8. The van der Waals surface area contributed by atoms with Crippen molar-refractivity contribution >= 4 is 69.7 Å². The number of thiazole rings is 1. The van der Waals surface area contributed by atoms with E-state index >= 15 is 0 Å². The van der Waals surface area contributed by atoms with Crippen molar-refractivity contribution in [2.45, 2.75) is 22.2 Å². The van der Waals surface area contributed by atoms with Crippen LogP contribution in [0.4, 0.5) is 0 Å². The van der Waals surface area contributed by atoms with Crippen molar-refractivity contribution in [1.82, 2.24) is 25.4 Å². The van der Waals surface area contributed by atoms with E-state index in [1.807, 2.05) is 0 Å². The maximum atomic E-state index is 12.8. The number of carbonyl (C=O) groups excluding carboxylic acids is 3. The number of nitrogens with zero attached hydrogens (tertiary/aromatic N) is 4. The van der Waals surface area contributed by atoms with Crippen molar-refractivity contribution in [1.29, 1.82) is 5.41 Å². The SMILES string of the molecule is N=c1[nH]c(/C(=N/O)C(=O)NC2C(=O)N3C(C(=O)[O-])=C(CSc4nnc(CCO)s4)CS[C@H]23)cs1.[Na+]. The van der Waals surface area contributed by atoms with E-state index in [2.05, 4.69) is 25.7 Å². The minimum Gasteiger partial charge on any atom is -0.543 e. The van der Waals surface area contributed by atoms with Crippen LogP contribution in [0.2, 0.25) is 0 Å². The van der Waals surface area contributed by atoms with Gasteiger partial charge >= 0.3 is 29.6 Å². The van der Waals surface area contributed by atoms with Gasteiger partial charge in [0.1, 0.15) is 16.4 Å². The standard InChI is InChI=1S/C17H17N7O6S4.Na/c18-16-19-7(5-32-16)9(23-30)12(26)20-10-13(27)24-11(15(28)29)6(3-31-14(10)24)4-33-17-22-21-8(34-17)1-2-25;/h5,10,14,25,30H,1-4H2,(H2,18,19)(H,20,26)(H,28,29);/q;+1/p-1/b23-9-;/t10?,14-;/m1./s1. The van der Waals surface area contributed by atoms with E-state index in [4.69, 9.17) is 10.5 Å². The number of rotatable bonds is 9. The fourth-order valence-corrected chi connectivity index (χ4v) is 7.21. The molecule has 2 aromatic rings. The Bertz CT molecular complexity index is 1260. The van der Waals surface area contributed by atoms with Gasteiger partial charge in [0, 0.05) is 29.9 Å². The summed E-state index contributed by atoms with van der Waals surface area (Å²) in [4.78, 5) is 40.9. The Morgan fingerprint density at radius 3 is 2.83 bits per heavy atom. The second kappa shape index (κ2) is 12.0. The Labute approximate surface area is 235 Å². The Morgan fingerprint density at radius 2 is 2.20 bits per heavy atom. The Morgan fingerprint density at radius 1 is 1.43 bits per heavy atom. The number of carbonyl (C=O) groups is 3. The molecule has 5 N–H and O–H groups in total. The molecular formula is C17H16N7NaO6S4. The van der Waals surface area contributed by atoms with Gasteiger partial charge < -0.3 is 30.5 Å². The second-order valence-corrected chi connectivity index (χ2v) is 11.1. The molecule has 13 nitrogen and oxygen atoms in total. The molecule has 1 fully saturated rings. The fourth-order valence-electron chi connectivity index (χ4n) is 3.27. The molecule has 2 amide bonds. The molecule has 1 unspecified atom stereocenters. The van der Waals surface area contributed by atoms with Crippen molar-refractivity contribution in [2.75, 3.05) is 18.1 Å². The number of fused-ring (bicyclic) bond motifs is 1. The van der Waals surface area contributed by atoms with Gasteiger partial charge in [-0.05, 0) is 5.57 Å². The molecule has 0 bridgehead atoms. The average molecular weight is 566 g/mol. The van der Waals surface area contributed by atoms with Gasteiger partial charge in [-0.3, -0.25) is 19.9 Å². The second-order valence-electron chi connectivity index (χ2n) is 6.88. The minimum atomic E-state index is -1.49. The summed E-state index contributed by atoms with van der Waals surface area (Å²) in [5.74, 6) is -2.42. The molecule has 0 saturated carbocycles. The van der Waals surface area contributed by atoms with E-state index in [9.17, 15) is 24.7 Å². The topological polar surface area (TPSA) is 208 Å². The zero-order valence-electron chi connectivity index (χ0n) is 18.0. The summed E-state index contributed by atoms with van der Waals surface area (Å²) in [5.41, 5.74) is -0.0276. The number of hydrogen-bond donors (Lipinski definition) is 5. The van der Waals surface area contributed by atoms with Crippen LogP contribution in [0.5, 0.6) is 0 Å². The first-order valence-corrected chi connectivity index (χ1v) is 13.3. The number of aromatic amines is 1. The molecule has 35 heavy (non-hydrogen) atoms. The fraction of sp³-hybridized carbons (Fsp3) is 0.353. The molecule has 18 heteroatoms. The van der Waals surface area contributed by atoms with Crippen molar-refractivity contribution in [3.8, 4) is 0 Å². The van der Waals surface area contributed by atoms with Gasteiger partial charge in [-0.25, -0.2) is 0 Å². The summed E-state index contributed by atoms with van der Waals surface area (Å²) in [6.45, 7) is -0.0471. The molecule has 1 saturated heterocycles. The molecule has 0 spiro atoms. The minimum absolute atomic E-state index is 0. The maximum Gasteiger partial charge on any atom is 1.00 e. The van der Waals surface area contributed by atoms with Crippen molar-refractivity contribution in [3.05, 3.63) is 32.2 Å². The molecule has 180 valence electrons. The monoisotopic (exact) mass is 565 g/mol. The number of aromatic nitrogens is 3. The van der Waals surface area contributed by atoms with E-state index < -0.39 is 34.9 Å². The number of β-lactam (4-membered cyclic amide) rings is 1. The number of H-pyrrole nitrogens is 1. The van der Waals surface area contributed by atoms with Crippen LogP contribution < -0.4 is 44.8 Å². The van der Waals surface area contributed by atoms with E-state index in [0.717, 1.165) is 16.2 Å². The number of aliphatic hydroxyl groups excluding tert-OH is 1. The van der Waals surface area contributed by atoms with Crippen LogP contribution in [0.15, 0.2) is 26.1 Å². The van der Waals surface area contributed by atoms with E-state index in [0.29, 0.717) is 27.1 Å². The number of nitrogens with one attached hydrogen (secondary N) is 3. The molecule has 2 atom stereocenters. The number of oxime groups is 1. The average Bonchev–Trinajstić information content (AvgIpc) is 3.44. The van der Waals surface area contributed by atoms with Gasteiger partial charge in [0.05, 0.1) is 17.4 Å². The quantitative estimate of drug-likeness (QED) is 0.0490. The van der Waals surface area contributed by atoms with Crippen LogP contribution in [-0.2, 0) is 20.8 Å². The summed E-state index contributed by atoms with van der Waals surface area (Å²) >= 11 is 4.85. The third kappa shape index (κ3) is 5.82. The first kappa shape index (κ1) is 27.9. The van der Waals surface area contributed by atoms with Crippen molar-refractivity contribution in [2.24, 2.45) is 5.16 Å². The Hall–Kier alpha value is -1.73. The molecule has 0 aromatic carbocycles. The Kier molecular flexibility index (Phi) is 9.55. The largest absolute Gasteiger partial charge is 1.00 e. The number of amides is 2. The number of carboxylic acid groups (broad SMARTS) is 1. The molecule has 0 radical (unpaired) electrons. The summed E-state index contributed by atoms with van der Waals surface area (Å²) in [5, 5.41) is 52.4. The number of carboxylic acids is 1. The molecule has 2 aliphatic rings. The zero-order valence-corrected chi connectivity index (χ0v) is 23.3. The molecular weight excluding hydrogens is 549 g/mol. The Balaban J connectivity index is 0.00000342. The van der Waals surface area contributed by atoms with Crippen molar-refractivity contribution < 1.29 is 59.4 Å². The van der Waals surface area contributed by atoms with Crippen molar-refractivity contribution in [3.63, 3.8) is 0 Å². The number of hydrogen-bond acceptors (Lipinski definition) is 14. The van der Waals surface area contributed by atoms with Gasteiger partial charge in [-0.15, -0.1) is 33.3 Å². The predicted molar refractivity (Wildman–Crippen MR) is 121 cm³/mol. The summed E-state index contributed by atoms with van der Waals surface area (Å²) < 4.78 is 0.609. The van der Waals surface area contributed by atoms with Crippen LogP contribution in [-0.4, -0.2) is 83.4 Å². The van der Waals surface area contributed by atoms with Gasteiger partial charge in [0.15, 0.2) is 14.9 Å². The number of aliphatic hydroxyl groups is 1.